The van der Waals surface area contributed by atoms with Crippen LogP contribution in [0.2, 0.25) is 0 Å². The molecule has 2 aromatic heterocycles. The number of benzene rings is 1. The van der Waals surface area contributed by atoms with E-state index in [1.54, 1.807) is 0 Å². The van der Waals surface area contributed by atoms with E-state index in [4.69, 9.17) is 5.73 Å². The van der Waals surface area contributed by atoms with Crippen LogP contribution in [0.5, 0.6) is 0 Å². The highest BCUT2D eigenvalue weighted by Gasteiger charge is 2.10. The molecule has 0 bridgehead atoms. The average molecular weight is 264 g/mol. The van der Waals surface area contributed by atoms with Crippen molar-refractivity contribution in [3.63, 3.8) is 0 Å². The minimum atomic E-state index is 0.374. The standard InChI is InChI=1S/C9H6BrN5/c10-5-3-1-2-4-6(5)12-14-8-7(4)13-15-9(8)11/h1-3H,(H3,11,13,15). The molecule has 0 spiro atoms. The van der Waals surface area contributed by atoms with Crippen LogP contribution in [0.4, 0.5) is 5.82 Å². The molecule has 0 radical (unpaired) electrons. The quantitative estimate of drug-likeness (QED) is 0.649. The number of hydrogen-bond acceptors (Lipinski definition) is 4. The van der Waals surface area contributed by atoms with E-state index in [0.29, 0.717) is 11.3 Å². The summed E-state index contributed by atoms with van der Waals surface area (Å²) in [6, 6.07) is 5.81. The fraction of sp³-hybridized carbons (Fsp3) is 0. The van der Waals surface area contributed by atoms with Crippen molar-refractivity contribution < 1.29 is 0 Å². The first-order valence-electron chi connectivity index (χ1n) is 4.32. The van der Waals surface area contributed by atoms with E-state index in [1.165, 1.54) is 0 Å². The molecule has 74 valence electrons. The maximum absolute atomic E-state index is 5.65. The lowest BCUT2D eigenvalue weighted by molar-refractivity contribution is 1.12. The molecular weight excluding hydrogens is 258 g/mol. The fourth-order valence-corrected chi connectivity index (χ4v) is 2.00. The SMILES string of the molecule is Nc1n[nH]c2c1nnc1c(Br)cccc12. The molecule has 15 heavy (non-hydrogen) atoms. The van der Waals surface area contributed by atoms with Gasteiger partial charge in [0, 0.05) is 9.86 Å². The number of halogens is 1. The number of hydrogen-bond donors (Lipinski definition) is 2. The third-order valence-corrected chi connectivity index (χ3v) is 2.91. The first-order chi connectivity index (χ1) is 7.27. The van der Waals surface area contributed by atoms with Gasteiger partial charge in [-0.25, -0.2) is 0 Å². The first-order valence-corrected chi connectivity index (χ1v) is 5.11. The minimum Gasteiger partial charge on any atom is -0.380 e. The second kappa shape index (κ2) is 2.90. The second-order valence-electron chi connectivity index (χ2n) is 3.17. The van der Waals surface area contributed by atoms with Crippen LogP contribution < -0.4 is 5.73 Å². The summed E-state index contributed by atoms with van der Waals surface area (Å²) in [5, 5.41) is 15.9. The number of nitrogens with one attached hydrogen (secondary N) is 1. The van der Waals surface area contributed by atoms with Gasteiger partial charge in [-0.3, -0.25) is 5.10 Å². The first kappa shape index (κ1) is 8.60. The number of nitrogens with zero attached hydrogens (tertiary/aromatic N) is 3. The van der Waals surface area contributed by atoms with E-state index in [-0.39, 0.29) is 0 Å². The lowest BCUT2D eigenvalue weighted by Gasteiger charge is -1.98. The Kier molecular flexibility index (Phi) is 1.66. The summed E-state index contributed by atoms with van der Waals surface area (Å²) in [5.41, 5.74) is 7.88. The molecule has 0 saturated carbocycles. The average Bonchev–Trinajstić information content (AvgIpc) is 2.61. The smallest absolute Gasteiger partial charge is 0.173 e. The molecule has 2 heterocycles. The molecule has 0 saturated heterocycles. The van der Waals surface area contributed by atoms with Crippen LogP contribution in [0, 0.1) is 0 Å². The molecule has 0 aliphatic carbocycles. The van der Waals surface area contributed by atoms with Gasteiger partial charge in [-0.2, -0.15) is 5.10 Å². The Morgan fingerprint density at radius 1 is 1.20 bits per heavy atom. The number of H-pyrrole nitrogens is 1. The molecule has 0 unspecified atom stereocenters. The third kappa shape index (κ3) is 1.11. The maximum Gasteiger partial charge on any atom is 0.173 e. The third-order valence-electron chi connectivity index (χ3n) is 2.27. The molecule has 0 aliphatic heterocycles. The van der Waals surface area contributed by atoms with Crippen molar-refractivity contribution in [3.05, 3.63) is 22.7 Å². The maximum atomic E-state index is 5.65. The predicted octanol–water partition coefficient (Wildman–Crippen LogP) is 1.85. The summed E-state index contributed by atoms with van der Waals surface area (Å²) in [7, 11) is 0. The molecule has 3 N–H and O–H groups in total. The predicted molar refractivity (Wildman–Crippen MR) is 61.3 cm³/mol. The van der Waals surface area contributed by atoms with Crippen LogP contribution in [0.1, 0.15) is 0 Å². The second-order valence-corrected chi connectivity index (χ2v) is 4.02. The van der Waals surface area contributed by atoms with E-state index < -0.39 is 0 Å². The number of anilines is 1. The Hall–Kier alpha value is -1.69. The summed E-state index contributed by atoms with van der Waals surface area (Å²) < 4.78 is 0.905. The van der Waals surface area contributed by atoms with Gasteiger partial charge in [0.05, 0.1) is 5.52 Å². The largest absolute Gasteiger partial charge is 0.380 e. The zero-order chi connectivity index (χ0) is 10.4. The van der Waals surface area contributed by atoms with Gasteiger partial charge in [0.1, 0.15) is 5.52 Å². The van der Waals surface area contributed by atoms with Crippen LogP contribution in [-0.4, -0.2) is 20.4 Å². The highest BCUT2D eigenvalue weighted by Crippen LogP contribution is 2.27. The summed E-state index contributed by atoms with van der Waals surface area (Å²) in [6.07, 6.45) is 0. The Morgan fingerprint density at radius 2 is 2.00 bits per heavy atom. The highest BCUT2D eigenvalue weighted by molar-refractivity contribution is 9.10. The number of rotatable bonds is 0. The van der Waals surface area contributed by atoms with Crippen LogP contribution in [0.3, 0.4) is 0 Å². The zero-order valence-electron chi connectivity index (χ0n) is 7.53. The van der Waals surface area contributed by atoms with Gasteiger partial charge < -0.3 is 5.73 Å². The number of fused-ring (bicyclic) bond motifs is 3. The van der Waals surface area contributed by atoms with Gasteiger partial charge in [-0.05, 0) is 22.0 Å². The van der Waals surface area contributed by atoms with E-state index in [2.05, 4.69) is 36.3 Å². The Labute approximate surface area is 92.8 Å². The van der Waals surface area contributed by atoms with Crippen LogP contribution >= 0.6 is 15.9 Å². The van der Waals surface area contributed by atoms with Crippen LogP contribution in [0.25, 0.3) is 21.9 Å². The lowest BCUT2D eigenvalue weighted by Crippen LogP contribution is -1.89. The van der Waals surface area contributed by atoms with Gasteiger partial charge in [-0.15, -0.1) is 10.2 Å². The van der Waals surface area contributed by atoms with Crippen molar-refractivity contribution in [1.29, 1.82) is 0 Å². The summed E-state index contributed by atoms with van der Waals surface area (Å²) >= 11 is 3.42. The van der Waals surface area contributed by atoms with Crippen molar-refractivity contribution in [3.8, 4) is 0 Å². The monoisotopic (exact) mass is 263 g/mol. The van der Waals surface area contributed by atoms with Crippen LogP contribution in [0.15, 0.2) is 22.7 Å². The number of nitrogen functional groups attached to an aromatic ring is 1. The summed E-state index contributed by atoms with van der Waals surface area (Å²) in [6.45, 7) is 0. The minimum absolute atomic E-state index is 0.374. The molecule has 3 aromatic rings. The van der Waals surface area contributed by atoms with E-state index in [0.717, 1.165) is 20.9 Å². The number of aromatic nitrogens is 4. The highest BCUT2D eigenvalue weighted by atomic mass is 79.9. The van der Waals surface area contributed by atoms with Gasteiger partial charge in [0.15, 0.2) is 11.3 Å². The Bertz CT molecular complexity index is 660. The molecular formula is C9H6BrN5. The van der Waals surface area contributed by atoms with Crippen molar-refractivity contribution >= 4 is 43.7 Å². The Balaban J connectivity index is 2.61. The van der Waals surface area contributed by atoms with Gasteiger partial charge in [-0.1, -0.05) is 12.1 Å². The van der Waals surface area contributed by atoms with Gasteiger partial charge in [0.2, 0.25) is 0 Å². The molecule has 0 atom stereocenters. The molecule has 0 amide bonds. The van der Waals surface area contributed by atoms with Crippen molar-refractivity contribution in [2.24, 2.45) is 0 Å². The molecule has 6 heteroatoms. The van der Waals surface area contributed by atoms with Gasteiger partial charge in [0.25, 0.3) is 0 Å². The topological polar surface area (TPSA) is 80.5 Å². The molecule has 5 nitrogen and oxygen atoms in total. The van der Waals surface area contributed by atoms with Crippen molar-refractivity contribution in [1.82, 2.24) is 20.4 Å². The Morgan fingerprint density at radius 3 is 2.87 bits per heavy atom. The summed E-state index contributed by atoms with van der Waals surface area (Å²) in [5.74, 6) is 0.374. The molecule has 0 aliphatic rings. The van der Waals surface area contributed by atoms with E-state index in [9.17, 15) is 0 Å². The van der Waals surface area contributed by atoms with E-state index in [1.807, 2.05) is 18.2 Å². The van der Waals surface area contributed by atoms with E-state index >= 15 is 0 Å². The van der Waals surface area contributed by atoms with Crippen molar-refractivity contribution in [2.45, 2.75) is 0 Å². The summed E-state index contributed by atoms with van der Waals surface area (Å²) in [4.78, 5) is 0. The normalized spacial score (nSPS) is 11.3. The fourth-order valence-electron chi connectivity index (χ4n) is 1.56. The molecule has 3 rings (SSSR count). The number of aromatic amines is 1. The molecule has 0 fully saturated rings. The van der Waals surface area contributed by atoms with Gasteiger partial charge >= 0.3 is 0 Å². The zero-order valence-corrected chi connectivity index (χ0v) is 9.12. The molecule has 1 aromatic carbocycles. The van der Waals surface area contributed by atoms with Crippen molar-refractivity contribution in [2.75, 3.05) is 5.73 Å². The lowest BCUT2D eigenvalue weighted by atomic mass is 10.2. The van der Waals surface area contributed by atoms with Crippen LogP contribution in [-0.2, 0) is 0 Å². The number of nitrogens with two attached hydrogens (primary N) is 1.